The van der Waals surface area contributed by atoms with E-state index >= 15 is 0 Å². The molecule has 2 aromatic carbocycles. The number of para-hydroxylation sites is 1. The van der Waals surface area contributed by atoms with Crippen LogP contribution in [0.3, 0.4) is 0 Å². The number of hydrogen-bond acceptors (Lipinski definition) is 3. The molecular weight excluding hydrogens is 332 g/mol. The second-order valence-electron chi connectivity index (χ2n) is 4.51. The second kappa shape index (κ2) is 7.84. The number of methoxy groups -OCH3 is 1. The zero-order chi connectivity index (χ0) is 15.1. The summed E-state index contributed by atoms with van der Waals surface area (Å²) in [6.45, 7) is 0.470. The van der Waals surface area contributed by atoms with Gasteiger partial charge in [-0.2, -0.15) is 0 Å². The standard InChI is InChI=1S/C17H17BrO3/c1-20-16-11-5-9-14(18)17(16)21-12-6-10-15(19)13-7-3-2-4-8-13/h2-5,7-9,11H,6,10,12H2,1H3. The predicted octanol–water partition coefficient (Wildman–Crippen LogP) is 4.50. The lowest BCUT2D eigenvalue weighted by Crippen LogP contribution is -2.04. The van der Waals surface area contributed by atoms with Crippen LogP contribution in [0.4, 0.5) is 0 Å². The van der Waals surface area contributed by atoms with Crippen LogP contribution in [0.1, 0.15) is 23.2 Å². The maximum absolute atomic E-state index is 12.0. The summed E-state index contributed by atoms with van der Waals surface area (Å²) in [5.74, 6) is 1.49. The van der Waals surface area contributed by atoms with Gasteiger partial charge in [-0.25, -0.2) is 0 Å². The molecule has 21 heavy (non-hydrogen) atoms. The van der Waals surface area contributed by atoms with Crippen molar-refractivity contribution in [2.45, 2.75) is 12.8 Å². The lowest BCUT2D eigenvalue weighted by atomic mass is 10.1. The molecule has 0 spiro atoms. The van der Waals surface area contributed by atoms with Crippen molar-refractivity contribution in [2.75, 3.05) is 13.7 Å². The molecule has 0 saturated heterocycles. The number of hydrogen-bond donors (Lipinski definition) is 0. The summed E-state index contributed by atoms with van der Waals surface area (Å²) < 4.78 is 11.8. The number of ether oxygens (including phenoxy) is 2. The van der Waals surface area contributed by atoms with E-state index in [9.17, 15) is 4.79 Å². The minimum absolute atomic E-state index is 0.137. The number of benzene rings is 2. The van der Waals surface area contributed by atoms with Gasteiger partial charge in [-0.05, 0) is 34.5 Å². The summed E-state index contributed by atoms with van der Waals surface area (Å²) >= 11 is 3.43. The second-order valence-corrected chi connectivity index (χ2v) is 5.37. The molecule has 0 N–H and O–H groups in total. The molecule has 0 aliphatic heterocycles. The fourth-order valence-electron chi connectivity index (χ4n) is 1.97. The van der Waals surface area contributed by atoms with E-state index in [0.29, 0.717) is 30.9 Å². The van der Waals surface area contributed by atoms with Gasteiger partial charge in [0.1, 0.15) is 0 Å². The highest BCUT2D eigenvalue weighted by molar-refractivity contribution is 9.10. The molecule has 0 aromatic heterocycles. The number of ketones is 1. The molecule has 0 bridgehead atoms. The lowest BCUT2D eigenvalue weighted by Gasteiger charge is -2.12. The summed E-state index contributed by atoms with van der Waals surface area (Å²) in [5.41, 5.74) is 0.746. The maximum Gasteiger partial charge on any atom is 0.175 e. The van der Waals surface area contributed by atoms with Crippen LogP contribution in [0.2, 0.25) is 0 Å². The third kappa shape index (κ3) is 4.33. The molecule has 110 valence electrons. The Morgan fingerprint density at radius 2 is 1.86 bits per heavy atom. The normalized spacial score (nSPS) is 10.2. The van der Waals surface area contributed by atoms with Gasteiger partial charge >= 0.3 is 0 Å². The molecule has 2 aromatic rings. The van der Waals surface area contributed by atoms with Gasteiger partial charge in [0.25, 0.3) is 0 Å². The summed E-state index contributed by atoms with van der Waals surface area (Å²) in [6.07, 6.45) is 1.13. The Hall–Kier alpha value is -1.81. The van der Waals surface area contributed by atoms with E-state index in [1.165, 1.54) is 0 Å². The molecule has 0 saturated carbocycles. The highest BCUT2D eigenvalue weighted by Gasteiger charge is 2.09. The Labute approximate surface area is 133 Å². The average molecular weight is 349 g/mol. The van der Waals surface area contributed by atoms with E-state index in [1.807, 2.05) is 48.5 Å². The Bertz CT molecular complexity index is 596. The van der Waals surface area contributed by atoms with Crippen molar-refractivity contribution in [2.24, 2.45) is 0 Å². The Balaban J connectivity index is 1.84. The van der Waals surface area contributed by atoms with Gasteiger partial charge in [0.2, 0.25) is 0 Å². The number of carbonyl (C=O) groups is 1. The van der Waals surface area contributed by atoms with Gasteiger partial charge in [-0.15, -0.1) is 0 Å². The zero-order valence-electron chi connectivity index (χ0n) is 11.8. The molecule has 0 unspecified atom stereocenters. The fourth-order valence-corrected chi connectivity index (χ4v) is 2.43. The van der Waals surface area contributed by atoms with E-state index in [0.717, 1.165) is 10.0 Å². The van der Waals surface area contributed by atoms with Crippen LogP contribution in [-0.4, -0.2) is 19.5 Å². The molecule has 0 radical (unpaired) electrons. The van der Waals surface area contributed by atoms with Crippen LogP contribution in [0.15, 0.2) is 53.0 Å². The topological polar surface area (TPSA) is 35.5 Å². The zero-order valence-corrected chi connectivity index (χ0v) is 13.4. The first-order valence-electron chi connectivity index (χ1n) is 6.76. The van der Waals surface area contributed by atoms with Crippen molar-refractivity contribution < 1.29 is 14.3 Å². The van der Waals surface area contributed by atoms with Crippen molar-refractivity contribution in [1.82, 2.24) is 0 Å². The monoisotopic (exact) mass is 348 g/mol. The van der Waals surface area contributed by atoms with Gasteiger partial charge in [0.15, 0.2) is 17.3 Å². The van der Waals surface area contributed by atoms with Crippen molar-refractivity contribution in [3.8, 4) is 11.5 Å². The van der Waals surface area contributed by atoms with Gasteiger partial charge < -0.3 is 9.47 Å². The fraction of sp³-hybridized carbons (Fsp3) is 0.235. The van der Waals surface area contributed by atoms with E-state index in [4.69, 9.17) is 9.47 Å². The minimum Gasteiger partial charge on any atom is -0.493 e. The van der Waals surface area contributed by atoms with Crippen LogP contribution in [0.25, 0.3) is 0 Å². The Kier molecular flexibility index (Phi) is 5.81. The highest BCUT2D eigenvalue weighted by Crippen LogP contribution is 2.34. The summed E-state index contributed by atoms with van der Waals surface area (Å²) in [5, 5.41) is 0. The molecule has 0 amide bonds. The molecule has 0 heterocycles. The average Bonchev–Trinajstić information content (AvgIpc) is 2.53. The largest absolute Gasteiger partial charge is 0.493 e. The summed E-state index contributed by atoms with van der Waals surface area (Å²) in [7, 11) is 1.60. The summed E-state index contributed by atoms with van der Waals surface area (Å²) in [4.78, 5) is 12.0. The maximum atomic E-state index is 12.0. The Morgan fingerprint density at radius 1 is 1.10 bits per heavy atom. The van der Waals surface area contributed by atoms with E-state index in [-0.39, 0.29) is 5.78 Å². The third-order valence-electron chi connectivity index (χ3n) is 3.04. The number of Topliss-reactive ketones (excluding diaryl/α,β-unsaturated/α-hetero) is 1. The molecule has 0 aliphatic carbocycles. The predicted molar refractivity (Wildman–Crippen MR) is 86.2 cm³/mol. The molecule has 0 aliphatic rings. The number of rotatable bonds is 7. The summed E-state index contributed by atoms with van der Waals surface area (Å²) in [6, 6.07) is 14.9. The Morgan fingerprint density at radius 3 is 2.57 bits per heavy atom. The van der Waals surface area contributed by atoms with Crippen molar-refractivity contribution >= 4 is 21.7 Å². The molecule has 3 nitrogen and oxygen atoms in total. The molecule has 0 atom stereocenters. The van der Waals surface area contributed by atoms with Crippen LogP contribution < -0.4 is 9.47 Å². The van der Waals surface area contributed by atoms with Crippen molar-refractivity contribution in [3.05, 3.63) is 58.6 Å². The quantitative estimate of drug-likeness (QED) is 0.545. The SMILES string of the molecule is COc1cccc(Br)c1OCCCC(=O)c1ccccc1. The smallest absolute Gasteiger partial charge is 0.175 e. The van der Waals surface area contributed by atoms with Crippen LogP contribution in [0, 0.1) is 0 Å². The van der Waals surface area contributed by atoms with Gasteiger partial charge in [0, 0.05) is 12.0 Å². The van der Waals surface area contributed by atoms with Crippen molar-refractivity contribution in [3.63, 3.8) is 0 Å². The van der Waals surface area contributed by atoms with Gasteiger partial charge in [0.05, 0.1) is 18.2 Å². The van der Waals surface area contributed by atoms with E-state index in [1.54, 1.807) is 7.11 Å². The molecule has 0 fully saturated rings. The van der Waals surface area contributed by atoms with Crippen molar-refractivity contribution in [1.29, 1.82) is 0 Å². The molecule has 2 rings (SSSR count). The molecular formula is C17H17BrO3. The minimum atomic E-state index is 0.137. The van der Waals surface area contributed by atoms with Crippen LogP contribution in [-0.2, 0) is 0 Å². The first-order chi connectivity index (χ1) is 10.2. The first-order valence-corrected chi connectivity index (χ1v) is 7.55. The molecule has 4 heteroatoms. The number of carbonyl (C=O) groups excluding carboxylic acids is 1. The van der Waals surface area contributed by atoms with Crippen LogP contribution in [0.5, 0.6) is 11.5 Å². The van der Waals surface area contributed by atoms with Gasteiger partial charge in [-0.3, -0.25) is 4.79 Å². The third-order valence-corrected chi connectivity index (χ3v) is 3.67. The van der Waals surface area contributed by atoms with E-state index < -0.39 is 0 Å². The lowest BCUT2D eigenvalue weighted by molar-refractivity contribution is 0.0973. The van der Waals surface area contributed by atoms with Gasteiger partial charge in [-0.1, -0.05) is 36.4 Å². The number of halogens is 1. The highest BCUT2D eigenvalue weighted by atomic mass is 79.9. The van der Waals surface area contributed by atoms with E-state index in [2.05, 4.69) is 15.9 Å². The van der Waals surface area contributed by atoms with Crippen LogP contribution >= 0.6 is 15.9 Å². The first kappa shape index (κ1) is 15.6.